The lowest BCUT2D eigenvalue weighted by Gasteiger charge is -2.23. The van der Waals surface area contributed by atoms with Gasteiger partial charge in [-0.2, -0.15) is 0 Å². The maximum atomic E-state index is 11.2. The minimum Gasteiger partial charge on any atom is -0.367 e. The van der Waals surface area contributed by atoms with Crippen molar-refractivity contribution in [3.05, 3.63) is 16.4 Å². The molecule has 1 aromatic heterocycles. The van der Waals surface area contributed by atoms with Gasteiger partial charge in [0.25, 0.3) is 0 Å². The van der Waals surface area contributed by atoms with E-state index in [-0.39, 0.29) is 11.5 Å². The normalized spacial score (nSPS) is 10.5. The average Bonchev–Trinajstić information content (AvgIpc) is 2.34. The molecule has 1 N–H and O–H groups in total. The summed E-state index contributed by atoms with van der Waals surface area (Å²) in [5.74, 6) is 1.01. The third-order valence-corrected chi connectivity index (χ3v) is 2.49. The molecule has 1 rings (SSSR count). The Hall–Kier alpha value is -1.92. The molecule has 0 amide bonds. The van der Waals surface area contributed by atoms with E-state index in [1.807, 2.05) is 11.8 Å². The largest absolute Gasteiger partial charge is 0.367 e. The minimum absolute atomic E-state index is 0.0671. The summed E-state index contributed by atoms with van der Waals surface area (Å²) in [6.07, 6.45) is 1.34. The van der Waals surface area contributed by atoms with Crippen LogP contribution in [0.3, 0.4) is 0 Å². The van der Waals surface area contributed by atoms with Gasteiger partial charge in [0.1, 0.15) is 6.33 Å². The smallest absolute Gasteiger partial charge is 0.353 e. The Morgan fingerprint density at radius 3 is 2.61 bits per heavy atom. The van der Waals surface area contributed by atoms with Crippen molar-refractivity contribution in [1.29, 1.82) is 0 Å². The summed E-state index contributed by atoms with van der Waals surface area (Å²) < 4.78 is 0. The maximum Gasteiger partial charge on any atom is 0.353 e. The molecule has 0 radical (unpaired) electrons. The molecule has 7 nitrogen and oxygen atoms in total. The first-order valence-corrected chi connectivity index (χ1v) is 5.93. The van der Waals surface area contributed by atoms with E-state index in [2.05, 4.69) is 29.1 Å². The van der Waals surface area contributed by atoms with Crippen molar-refractivity contribution in [3.63, 3.8) is 0 Å². The van der Waals surface area contributed by atoms with Crippen LogP contribution in [-0.2, 0) is 0 Å². The fourth-order valence-electron chi connectivity index (χ4n) is 1.76. The van der Waals surface area contributed by atoms with Gasteiger partial charge in [-0.05, 0) is 12.8 Å². The zero-order valence-electron chi connectivity index (χ0n) is 11.2. The summed E-state index contributed by atoms with van der Waals surface area (Å²) in [4.78, 5) is 20.6. The second-order valence-corrected chi connectivity index (χ2v) is 4.33. The summed E-state index contributed by atoms with van der Waals surface area (Å²) in [6.45, 7) is 7.47. The lowest BCUT2D eigenvalue weighted by Crippen LogP contribution is -2.29. The van der Waals surface area contributed by atoms with Crippen LogP contribution in [0.25, 0.3) is 0 Å². The summed E-state index contributed by atoms with van der Waals surface area (Å²) in [6, 6.07) is 0. The predicted octanol–water partition coefficient (Wildman–Crippen LogP) is 1.91. The van der Waals surface area contributed by atoms with Crippen LogP contribution in [0.15, 0.2) is 6.33 Å². The van der Waals surface area contributed by atoms with Crippen LogP contribution in [0, 0.1) is 16.0 Å². The number of hydrogen-bond donors (Lipinski definition) is 1. The van der Waals surface area contributed by atoms with Crippen LogP contribution in [0.5, 0.6) is 0 Å². The fraction of sp³-hybridized carbons (Fsp3) is 0.636. The Morgan fingerprint density at radius 2 is 2.17 bits per heavy atom. The molecule has 0 aromatic carbocycles. The summed E-state index contributed by atoms with van der Waals surface area (Å²) >= 11 is 0. The molecule has 0 spiro atoms. The van der Waals surface area contributed by atoms with Gasteiger partial charge in [-0.1, -0.05) is 13.8 Å². The first-order chi connectivity index (χ1) is 8.51. The van der Waals surface area contributed by atoms with Crippen molar-refractivity contribution in [2.45, 2.75) is 20.8 Å². The Labute approximate surface area is 106 Å². The average molecular weight is 253 g/mol. The highest BCUT2D eigenvalue weighted by molar-refractivity contribution is 5.70. The Bertz CT molecular complexity index is 422. The van der Waals surface area contributed by atoms with E-state index in [0.29, 0.717) is 18.3 Å². The third-order valence-electron chi connectivity index (χ3n) is 2.49. The monoisotopic (exact) mass is 253 g/mol. The minimum atomic E-state index is -0.440. The lowest BCUT2D eigenvalue weighted by molar-refractivity contribution is -0.383. The van der Waals surface area contributed by atoms with Crippen LogP contribution in [0.2, 0.25) is 0 Å². The van der Waals surface area contributed by atoms with Crippen molar-refractivity contribution in [1.82, 2.24) is 9.97 Å². The van der Waals surface area contributed by atoms with Gasteiger partial charge in [0.2, 0.25) is 11.6 Å². The Balaban J connectivity index is 3.24. The molecule has 100 valence electrons. The van der Waals surface area contributed by atoms with E-state index in [4.69, 9.17) is 0 Å². The third kappa shape index (κ3) is 3.06. The number of nitrogens with one attached hydrogen (secondary N) is 1. The zero-order valence-corrected chi connectivity index (χ0v) is 11.2. The van der Waals surface area contributed by atoms with Gasteiger partial charge in [-0.15, -0.1) is 0 Å². The molecule has 0 aliphatic carbocycles. The van der Waals surface area contributed by atoms with Gasteiger partial charge >= 0.3 is 5.69 Å². The van der Waals surface area contributed by atoms with Crippen molar-refractivity contribution in [3.8, 4) is 0 Å². The van der Waals surface area contributed by atoms with Crippen molar-refractivity contribution < 1.29 is 4.92 Å². The Kier molecular flexibility index (Phi) is 4.82. The highest BCUT2D eigenvalue weighted by Gasteiger charge is 2.25. The molecule has 0 bridgehead atoms. The standard InChI is InChI=1S/C11H19N5O2/c1-5-15(6-8(2)3)11-9(16(17)18)10(12-4)13-7-14-11/h7-8H,5-6H2,1-4H3,(H,12,13,14). The summed E-state index contributed by atoms with van der Waals surface area (Å²) in [7, 11) is 1.61. The SMILES string of the molecule is CCN(CC(C)C)c1ncnc(NC)c1[N+](=O)[O-]. The molecule has 0 saturated carbocycles. The molecule has 1 aromatic rings. The van der Waals surface area contributed by atoms with Crippen LogP contribution in [-0.4, -0.2) is 35.0 Å². The molecular formula is C11H19N5O2. The number of hydrogen-bond acceptors (Lipinski definition) is 6. The van der Waals surface area contributed by atoms with Crippen molar-refractivity contribution in [2.75, 3.05) is 30.4 Å². The topological polar surface area (TPSA) is 84.2 Å². The fourth-order valence-corrected chi connectivity index (χ4v) is 1.76. The quantitative estimate of drug-likeness (QED) is 0.615. The predicted molar refractivity (Wildman–Crippen MR) is 71.0 cm³/mol. The van der Waals surface area contributed by atoms with Gasteiger partial charge in [-0.25, -0.2) is 9.97 Å². The number of nitrogens with zero attached hydrogens (tertiary/aromatic N) is 4. The molecule has 7 heteroatoms. The number of anilines is 2. The molecule has 18 heavy (non-hydrogen) atoms. The second-order valence-electron chi connectivity index (χ2n) is 4.33. The second kappa shape index (κ2) is 6.13. The number of nitro groups is 1. The van der Waals surface area contributed by atoms with E-state index in [0.717, 1.165) is 6.54 Å². The van der Waals surface area contributed by atoms with Gasteiger partial charge in [0.05, 0.1) is 4.92 Å². The van der Waals surface area contributed by atoms with E-state index in [1.54, 1.807) is 7.05 Å². The number of rotatable bonds is 6. The van der Waals surface area contributed by atoms with Crippen molar-refractivity contribution >= 4 is 17.3 Å². The van der Waals surface area contributed by atoms with E-state index in [9.17, 15) is 10.1 Å². The van der Waals surface area contributed by atoms with E-state index < -0.39 is 4.92 Å². The highest BCUT2D eigenvalue weighted by atomic mass is 16.6. The molecule has 0 fully saturated rings. The van der Waals surface area contributed by atoms with E-state index >= 15 is 0 Å². The zero-order chi connectivity index (χ0) is 13.7. The summed E-state index contributed by atoms with van der Waals surface area (Å²) in [5, 5.41) is 13.9. The first-order valence-electron chi connectivity index (χ1n) is 5.93. The lowest BCUT2D eigenvalue weighted by atomic mass is 10.2. The molecule has 0 saturated heterocycles. The molecule has 0 unspecified atom stereocenters. The van der Waals surface area contributed by atoms with Crippen LogP contribution < -0.4 is 10.2 Å². The van der Waals surface area contributed by atoms with Crippen molar-refractivity contribution in [2.24, 2.45) is 5.92 Å². The van der Waals surface area contributed by atoms with Gasteiger partial charge in [0, 0.05) is 20.1 Å². The van der Waals surface area contributed by atoms with Crippen LogP contribution in [0.4, 0.5) is 17.3 Å². The molecule has 0 aliphatic rings. The molecule has 1 heterocycles. The molecule has 0 aliphatic heterocycles. The van der Waals surface area contributed by atoms with Gasteiger partial charge in [-0.3, -0.25) is 10.1 Å². The molecular weight excluding hydrogens is 234 g/mol. The Morgan fingerprint density at radius 1 is 1.50 bits per heavy atom. The van der Waals surface area contributed by atoms with E-state index in [1.165, 1.54) is 6.33 Å². The van der Waals surface area contributed by atoms with Gasteiger partial charge in [0.15, 0.2) is 0 Å². The first kappa shape index (κ1) is 14.1. The molecule has 0 atom stereocenters. The maximum absolute atomic E-state index is 11.2. The van der Waals surface area contributed by atoms with Crippen LogP contribution >= 0.6 is 0 Å². The van der Waals surface area contributed by atoms with Crippen LogP contribution in [0.1, 0.15) is 20.8 Å². The summed E-state index contributed by atoms with van der Waals surface area (Å²) in [5.41, 5.74) is -0.0671. The number of aromatic nitrogens is 2. The highest BCUT2D eigenvalue weighted by Crippen LogP contribution is 2.31. The van der Waals surface area contributed by atoms with Gasteiger partial charge < -0.3 is 10.2 Å².